The lowest BCUT2D eigenvalue weighted by atomic mass is 10.0. The van der Waals surface area contributed by atoms with Crippen LogP contribution in [0.1, 0.15) is 30.7 Å². The summed E-state index contributed by atoms with van der Waals surface area (Å²) >= 11 is 0. The van der Waals surface area contributed by atoms with E-state index in [4.69, 9.17) is 0 Å². The van der Waals surface area contributed by atoms with Gasteiger partial charge in [0, 0.05) is 38.1 Å². The van der Waals surface area contributed by atoms with Crippen molar-refractivity contribution in [2.24, 2.45) is 0 Å². The van der Waals surface area contributed by atoms with E-state index in [-0.39, 0.29) is 0 Å². The fraction of sp³-hybridized carbons (Fsp3) is 0.800. The maximum absolute atomic E-state index is 4.45. The predicted octanol–water partition coefficient (Wildman–Crippen LogP) is 0.594. The van der Waals surface area contributed by atoms with Crippen molar-refractivity contribution < 1.29 is 0 Å². The largest absolute Gasteiger partial charge is 0.347 e. The first-order valence-corrected chi connectivity index (χ1v) is 8.09. The summed E-state index contributed by atoms with van der Waals surface area (Å²) in [4.78, 5) is 13.1. The van der Waals surface area contributed by atoms with Crippen LogP contribution < -0.4 is 5.32 Å². The molecule has 0 spiro atoms. The van der Waals surface area contributed by atoms with E-state index in [0.717, 1.165) is 19.0 Å². The van der Waals surface area contributed by atoms with Gasteiger partial charge < -0.3 is 15.2 Å². The summed E-state index contributed by atoms with van der Waals surface area (Å²) in [6.07, 6.45) is 7.03. The monoisotopic (exact) mass is 275 g/mol. The first kappa shape index (κ1) is 12.8. The maximum atomic E-state index is 4.45. The number of H-pyrrole nitrogens is 1. The van der Waals surface area contributed by atoms with Crippen molar-refractivity contribution in [3.63, 3.8) is 0 Å². The van der Waals surface area contributed by atoms with Gasteiger partial charge in [0.25, 0.3) is 0 Å². The van der Waals surface area contributed by atoms with Gasteiger partial charge in [0.05, 0.1) is 17.7 Å². The van der Waals surface area contributed by atoms with E-state index in [2.05, 4.69) is 25.1 Å². The average molecular weight is 275 g/mol. The quantitative estimate of drug-likeness (QED) is 0.829. The van der Waals surface area contributed by atoms with Gasteiger partial charge in [-0.2, -0.15) is 0 Å². The average Bonchev–Trinajstić information content (AvgIpc) is 3.04. The van der Waals surface area contributed by atoms with Crippen molar-refractivity contribution in [2.75, 3.05) is 32.7 Å². The molecule has 2 unspecified atom stereocenters. The van der Waals surface area contributed by atoms with Gasteiger partial charge in [-0.1, -0.05) is 0 Å². The van der Waals surface area contributed by atoms with Crippen molar-refractivity contribution in [1.29, 1.82) is 0 Å². The molecule has 4 rings (SSSR count). The van der Waals surface area contributed by atoms with Crippen LogP contribution in [-0.4, -0.2) is 64.6 Å². The number of fused-ring (bicyclic) bond motifs is 2. The fourth-order valence-corrected chi connectivity index (χ4v) is 4.12. The first-order valence-electron chi connectivity index (χ1n) is 8.09. The molecule has 20 heavy (non-hydrogen) atoms. The third-order valence-corrected chi connectivity index (χ3v) is 5.18. The molecule has 5 heteroatoms. The minimum Gasteiger partial charge on any atom is -0.347 e. The summed E-state index contributed by atoms with van der Waals surface area (Å²) < 4.78 is 0. The molecule has 110 valence electrons. The smallest absolute Gasteiger partial charge is 0.0925 e. The SMILES string of the molecule is c1nc2c([nH]1)CNC(CN1CCCN3CCCC3C1)C2. The van der Waals surface area contributed by atoms with Crippen LogP contribution in [0.15, 0.2) is 6.33 Å². The summed E-state index contributed by atoms with van der Waals surface area (Å²) in [5.74, 6) is 0. The molecule has 0 saturated carbocycles. The number of nitrogens with one attached hydrogen (secondary N) is 2. The lowest BCUT2D eigenvalue weighted by Crippen LogP contribution is -2.47. The number of aromatic amines is 1. The van der Waals surface area contributed by atoms with Gasteiger partial charge in [-0.05, 0) is 38.9 Å². The zero-order valence-corrected chi connectivity index (χ0v) is 12.1. The summed E-state index contributed by atoms with van der Waals surface area (Å²) in [5, 5.41) is 3.66. The minimum absolute atomic E-state index is 0.568. The maximum Gasteiger partial charge on any atom is 0.0925 e. The lowest BCUT2D eigenvalue weighted by Gasteiger charge is -2.31. The molecule has 0 bridgehead atoms. The van der Waals surface area contributed by atoms with Gasteiger partial charge in [0.1, 0.15) is 0 Å². The molecule has 0 amide bonds. The molecule has 1 aromatic heterocycles. The highest BCUT2D eigenvalue weighted by atomic mass is 15.3. The normalized spacial score (nSPS) is 31.8. The third-order valence-electron chi connectivity index (χ3n) is 5.18. The number of aromatic nitrogens is 2. The molecule has 5 nitrogen and oxygen atoms in total. The van der Waals surface area contributed by atoms with Crippen LogP contribution in [0.4, 0.5) is 0 Å². The molecule has 0 aliphatic carbocycles. The zero-order chi connectivity index (χ0) is 13.4. The predicted molar refractivity (Wildman–Crippen MR) is 78.6 cm³/mol. The number of rotatable bonds is 2. The van der Waals surface area contributed by atoms with E-state index in [1.807, 2.05) is 6.33 Å². The van der Waals surface area contributed by atoms with Crippen LogP contribution >= 0.6 is 0 Å². The van der Waals surface area contributed by atoms with Crippen molar-refractivity contribution in [2.45, 2.75) is 44.3 Å². The van der Waals surface area contributed by atoms with Gasteiger partial charge in [-0.3, -0.25) is 4.90 Å². The van der Waals surface area contributed by atoms with Crippen LogP contribution in [0.5, 0.6) is 0 Å². The highest BCUT2D eigenvalue weighted by molar-refractivity contribution is 5.16. The molecular weight excluding hydrogens is 250 g/mol. The van der Waals surface area contributed by atoms with Gasteiger partial charge in [0.2, 0.25) is 0 Å². The minimum atomic E-state index is 0.568. The van der Waals surface area contributed by atoms with Crippen LogP contribution in [0.3, 0.4) is 0 Å². The zero-order valence-electron chi connectivity index (χ0n) is 12.1. The van der Waals surface area contributed by atoms with Gasteiger partial charge in [-0.15, -0.1) is 0 Å². The van der Waals surface area contributed by atoms with Crippen LogP contribution in [0.25, 0.3) is 0 Å². The summed E-state index contributed by atoms with van der Waals surface area (Å²) in [6, 6.07) is 1.39. The molecule has 0 aromatic carbocycles. The second-order valence-electron chi connectivity index (χ2n) is 6.55. The Bertz CT molecular complexity index is 457. The van der Waals surface area contributed by atoms with E-state index in [0.29, 0.717) is 6.04 Å². The van der Waals surface area contributed by atoms with E-state index in [1.54, 1.807) is 0 Å². The Labute approximate surface area is 120 Å². The summed E-state index contributed by atoms with van der Waals surface area (Å²) in [7, 11) is 0. The van der Waals surface area contributed by atoms with Crippen molar-refractivity contribution >= 4 is 0 Å². The number of hydrogen-bond acceptors (Lipinski definition) is 4. The Hall–Kier alpha value is -0.910. The Morgan fingerprint density at radius 1 is 1.25 bits per heavy atom. The lowest BCUT2D eigenvalue weighted by molar-refractivity contribution is 0.202. The number of imidazole rings is 1. The van der Waals surface area contributed by atoms with Crippen LogP contribution in [0, 0.1) is 0 Å². The Balaban J connectivity index is 1.37. The van der Waals surface area contributed by atoms with Crippen molar-refractivity contribution in [3.05, 3.63) is 17.7 Å². The second-order valence-corrected chi connectivity index (χ2v) is 6.55. The molecule has 0 radical (unpaired) electrons. The number of nitrogens with zero attached hydrogens (tertiary/aromatic N) is 3. The van der Waals surface area contributed by atoms with Crippen LogP contribution in [0.2, 0.25) is 0 Å². The molecule has 2 atom stereocenters. The third kappa shape index (κ3) is 2.50. The van der Waals surface area contributed by atoms with E-state index in [9.17, 15) is 0 Å². The number of hydrogen-bond donors (Lipinski definition) is 2. The summed E-state index contributed by atoms with van der Waals surface area (Å²) in [6.45, 7) is 7.30. The van der Waals surface area contributed by atoms with E-state index >= 15 is 0 Å². The molecule has 2 fully saturated rings. The second kappa shape index (κ2) is 5.47. The van der Waals surface area contributed by atoms with Gasteiger partial charge in [-0.25, -0.2) is 4.98 Å². The first-order chi connectivity index (χ1) is 9.88. The topological polar surface area (TPSA) is 47.2 Å². The molecule has 3 aliphatic heterocycles. The highest BCUT2D eigenvalue weighted by Gasteiger charge is 2.30. The fourth-order valence-electron chi connectivity index (χ4n) is 4.12. The van der Waals surface area contributed by atoms with Gasteiger partial charge in [0.15, 0.2) is 0 Å². The molecule has 2 N–H and O–H groups in total. The molecular formula is C15H25N5. The standard InChI is InChI=1S/C15H25N5/c1-3-13-10-19(4-2-6-20(13)5-1)9-12-7-14-15(8-16-12)18-11-17-14/h11-13,16H,1-10H2,(H,17,18). The molecule has 2 saturated heterocycles. The highest BCUT2D eigenvalue weighted by Crippen LogP contribution is 2.22. The summed E-state index contributed by atoms with van der Waals surface area (Å²) in [5.41, 5.74) is 2.55. The Morgan fingerprint density at radius 3 is 3.20 bits per heavy atom. The van der Waals surface area contributed by atoms with Crippen molar-refractivity contribution in [3.8, 4) is 0 Å². The van der Waals surface area contributed by atoms with E-state index < -0.39 is 0 Å². The van der Waals surface area contributed by atoms with Crippen molar-refractivity contribution in [1.82, 2.24) is 25.1 Å². The Kier molecular flexibility index (Phi) is 3.50. The van der Waals surface area contributed by atoms with Crippen LogP contribution in [-0.2, 0) is 13.0 Å². The molecule has 1 aromatic rings. The Morgan fingerprint density at radius 2 is 2.20 bits per heavy atom. The van der Waals surface area contributed by atoms with E-state index in [1.165, 1.54) is 63.4 Å². The molecule has 4 heterocycles. The molecule has 3 aliphatic rings. The van der Waals surface area contributed by atoms with Gasteiger partial charge >= 0.3 is 0 Å².